The van der Waals surface area contributed by atoms with Crippen LogP contribution in [0.4, 0.5) is 0 Å². The Morgan fingerprint density at radius 1 is 1.16 bits per heavy atom. The van der Waals surface area contributed by atoms with Gasteiger partial charge in [-0.25, -0.2) is 13.2 Å². The highest BCUT2D eigenvalue weighted by Crippen LogP contribution is 2.19. The third-order valence-corrected chi connectivity index (χ3v) is 6.16. The molecule has 2 aromatic rings. The second kappa shape index (κ2) is 7.38. The first-order valence-electron chi connectivity index (χ1n) is 8.04. The summed E-state index contributed by atoms with van der Waals surface area (Å²) in [6, 6.07) is 11.4. The second-order valence-corrected chi connectivity index (χ2v) is 7.84. The van der Waals surface area contributed by atoms with Gasteiger partial charge in [-0.15, -0.1) is 0 Å². The van der Waals surface area contributed by atoms with Crippen LogP contribution in [0.3, 0.4) is 0 Å². The number of H-pyrrole nitrogens is 1. The number of carbonyl (C=O) groups excluding carboxylic acids is 1. The molecule has 1 aliphatic rings. The molecule has 1 aliphatic heterocycles. The van der Waals surface area contributed by atoms with E-state index in [4.69, 9.17) is 0 Å². The van der Waals surface area contributed by atoms with Crippen molar-refractivity contribution in [3.63, 3.8) is 0 Å². The Bertz CT molecular complexity index is 825. The first kappa shape index (κ1) is 17.7. The number of carbonyl (C=O) groups is 1. The first-order valence-corrected chi connectivity index (χ1v) is 9.48. The SMILES string of the molecule is COC(=O)c1cc(S(=O)(=O)N2CCN(Cc3ccccc3)CC2)c[nH]1. The number of aromatic amines is 1. The molecule has 1 saturated heterocycles. The van der Waals surface area contributed by atoms with Crippen LogP contribution in [0.1, 0.15) is 16.1 Å². The van der Waals surface area contributed by atoms with Crippen molar-refractivity contribution in [1.29, 1.82) is 0 Å². The zero-order chi connectivity index (χ0) is 17.9. The Kier molecular flexibility index (Phi) is 5.22. The van der Waals surface area contributed by atoms with Crippen LogP contribution in [-0.4, -0.2) is 61.9 Å². The van der Waals surface area contributed by atoms with Crippen LogP contribution >= 0.6 is 0 Å². The van der Waals surface area contributed by atoms with Crippen molar-refractivity contribution in [3.8, 4) is 0 Å². The van der Waals surface area contributed by atoms with Gasteiger partial charge in [0.05, 0.1) is 7.11 Å². The Morgan fingerprint density at radius 3 is 2.48 bits per heavy atom. The van der Waals surface area contributed by atoms with Crippen molar-refractivity contribution >= 4 is 16.0 Å². The molecule has 8 heteroatoms. The Balaban J connectivity index is 1.63. The molecule has 1 aromatic carbocycles. The van der Waals surface area contributed by atoms with Gasteiger partial charge in [-0.05, 0) is 11.6 Å². The van der Waals surface area contributed by atoms with E-state index in [9.17, 15) is 13.2 Å². The lowest BCUT2D eigenvalue weighted by atomic mass is 10.2. The molecule has 25 heavy (non-hydrogen) atoms. The number of nitrogens with zero attached hydrogens (tertiary/aromatic N) is 2. The summed E-state index contributed by atoms with van der Waals surface area (Å²) in [5.41, 5.74) is 1.34. The van der Waals surface area contributed by atoms with Gasteiger partial charge < -0.3 is 9.72 Å². The van der Waals surface area contributed by atoms with Gasteiger partial charge >= 0.3 is 5.97 Å². The summed E-state index contributed by atoms with van der Waals surface area (Å²) in [5.74, 6) is -0.589. The number of esters is 1. The maximum absolute atomic E-state index is 12.7. The standard InChI is InChI=1S/C17H21N3O4S/c1-24-17(21)16-11-15(12-18-16)25(22,23)20-9-7-19(8-10-20)13-14-5-3-2-4-6-14/h2-6,11-12,18H,7-10,13H2,1H3. The third-order valence-electron chi connectivity index (χ3n) is 4.28. The molecule has 0 radical (unpaired) electrons. The van der Waals surface area contributed by atoms with E-state index in [0.29, 0.717) is 26.2 Å². The van der Waals surface area contributed by atoms with E-state index >= 15 is 0 Å². The second-order valence-electron chi connectivity index (χ2n) is 5.91. The van der Waals surface area contributed by atoms with Gasteiger partial charge in [0.2, 0.25) is 10.0 Å². The van der Waals surface area contributed by atoms with E-state index < -0.39 is 16.0 Å². The smallest absolute Gasteiger partial charge is 0.354 e. The lowest BCUT2D eigenvalue weighted by Gasteiger charge is -2.33. The number of nitrogens with one attached hydrogen (secondary N) is 1. The molecule has 0 atom stereocenters. The number of sulfonamides is 1. The van der Waals surface area contributed by atoms with Gasteiger partial charge in [0.1, 0.15) is 10.6 Å². The molecule has 0 amide bonds. The molecule has 0 bridgehead atoms. The molecule has 2 heterocycles. The molecule has 7 nitrogen and oxygen atoms in total. The first-order chi connectivity index (χ1) is 12.0. The maximum Gasteiger partial charge on any atom is 0.354 e. The molecule has 134 valence electrons. The third kappa shape index (κ3) is 3.92. The van der Waals surface area contributed by atoms with Gasteiger partial charge in [-0.1, -0.05) is 30.3 Å². The molecular formula is C17H21N3O4S. The van der Waals surface area contributed by atoms with Crippen molar-refractivity contribution in [1.82, 2.24) is 14.2 Å². The van der Waals surface area contributed by atoms with E-state index in [0.717, 1.165) is 6.54 Å². The van der Waals surface area contributed by atoms with Crippen LogP contribution in [0.2, 0.25) is 0 Å². The van der Waals surface area contributed by atoms with Crippen molar-refractivity contribution in [2.45, 2.75) is 11.4 Å². The van der Waals surface area contributed by atoms with E-state index in [2.05, 4.69) is 26.8 Å². The molecule has 1 aromatic heterocycles. The predicted molar refractivity (Wildman–Crippen MR) is 92.6 cm³/mol. The number of aromatic nitrogens is 1. The highest BCUT2D eigenvalue weighted by atomic mass is 32.2. The molecule has 1 N–H and O–H groups in total. The highest BCUT2D eigenvalue weighted by Gasteiger charge is 2.29. The Hall–Kier alpha value is -2.16. The number of benzene rings is 1. The average molecular weight is 363 g/mol. The Morgan fingerprint density at radius 2 is 1.84 bits per heavy atom. The van der Waals surface area contributed by atoms with E-state index in [1.54, 1.807) is 0 Å². The van der Waals surface area contributed by atoms with Crippen molar-refractivity contribution in [3.05, 3.63) is 53.9 Å². The van der Waals surface area contributed by atoms with Crippen molar-refractivity contribution in [2.24, 2.45) is 0 Å². The van der Waals surface area contributed by atoms with Gasteiger partial charge in [0, 0.05) is 38.9 Å². The maximum atomic E-state index is 12.7. The van der Waals surface area contributed by atoms with Crippen molar-refractivity contribution < 1.29 is 17.9 Å². The fourth-order valence-electron chi connectivity index (χ4n) is 2.87. The lowest BCUT2D eigenvalue weighted by Crippen LogP contribution is -2.48. The summed E-state index contributed by atoms with van der Waals surface area (Å²) in [6.45, 7) is 3.00. The largest absolute Gasteiger partial charge is 0.464 e. The van der Waals surface area contributed by atoms with Crippen LogP contribution in [0.15, 0.2) is 47.5 Å². The summed E-state index contributed by atoms with van der Waals surface area (Å²) in [4.78, 5) is 16.5. The minimum atomic E-state index is -3.61. The summed E-state index contributed by atoms with van der Waals surface area (Å²) in [7, 11) is -2.36. The average Bonchev–Trinajstić information content (AvgIpc) is 3.13. The molecule has 0 aliphatic carbocycles. The summed E-state index contributed by atoms with van der Waals surface area (Å²) < 4.78 is 31.5. The molecule has 0 unspecified atom stereocenters. The van der Waals surface area contributed by atoms with Crippen LogP contribution < -0.4 is 0 Å². The number of ether oxygens (including phenoxy) is 1. The van der Waals surface area contributed by atoms with Gasteiger partial charge in [-0.3, -0.25) is 4.90 Å². The zero-order valence-corrected chi connectivity index (χ0v) is 14.8. The van der Waals surface area contributed by atoms with Crippen LogP contribution in [0.25, 0.3) is 0 Å². The minimum Gasteiger partial charge on any atom is -0.464 e. The summed E-state index contributed by atoms with van der Waals surface area (Å²) in [5, 5.41) is 0. The fourth-order valence-corrected chi connectivity index (χ4v) is 4.29. The monoisotopic (exact) mass is 363 g/mol. The van der Waals surface area contributed by atoms with Gasteiger partial charge in [-0.2, -0.15) is 4.31 Å². The van der Waals surface area contributed by atoms with Crippen LogP contribution in [0.5, 0.6) is 0 Å². The summed E-state index contributed by atoms with van der Waals surface area (Å²) in [6.07, 6.45) is 1.33. The molecular weight excluding hydrogens is 342 g/mol. The number of hydrogen-bond acceptors (Lipinski definition) is 5. The van der Waals surface area contributed by atoms with E-state index in [1.165, 1.54) is 29.2 Å². The highest BCUT2D eigenvalue weighted by molar-refractivity contribution is 7.89. The zero-order valence-electron chi connectivity index (χ0n) is 14.0. The summed E-state index contributed by atoms with van der Waals surface area (Å²) >= 11 is 0. The normalized spacial score (nSPS) is 16.7. The van der Waals surface area contributed by atoms with Crippen LogP contribution in [-0.2, 0) is 21.3 Å². The van der Waals surface area contributed by atoms with E-state index in [1.807, 2.05) is 18.2 Å². The Labute approximate surface area is 147 Å². The fraction of sp³-hybridized carbons (Fsp3) is 0.353. The quantitative estimate of drug-likeness (QED) is 0.810. The minimum absolute atomic E-state index is 0.0874. The molecule has 1 fully saturated rings. The van der Waals surface area contributed by atoms with Gasteiger partial charge in [0.15, 0.2) is 0 Å². The van der Waals surface area contributed by atoms with Crippen molar-refractivity contribution in [2.75, 3.05) is 33.3 Å². The molecule has 0 spiro atoms. The number of methoxy groups -OCH3 is 1. The van der Waals surface area contributed by atoms with Crippen LogP contribution in [0, 0.1) is 0 Å². The lowest BCUT2D eigenvalue weighted by molar-refractivity contribution is 0.0594. The van der Waals surface area contributed by atoms with Gasteiger partial charge in [0.25, 0.3) is 0 Å². The van der Waals surface area contributed by atoms with E-state index in [-0.39, 0.29) is 10.6 Å². The number of rotatable bonds is 5. The number of hydrogen-bond donors (Lipinski definition) is 1. The predicted octanol–water partition coefficient (Wildman–Crippen LogP) is 1.31. The number of piperazine rings is 1. The molecule has 3 rings (SSSR count). The molecule has 0 saturated carbocycles. The topological polar surface area (TPSA) is 82.7 Å².